The first-order chi connectivity index (χ1) is 11.6. The number of aromatic nitrogens is 2. The number of hydrogen-bond acceptors (Lipinski definition) is 4. The second kappa shape index (κ2) is 8.91. The summed E-state index contributed by atoms with van der Waals surface area (Å²) in [6.07, 6.45) is 2.07. The van der Waals surface area contributed by atoms with Gasteiger partial charge < -0.3 is 10.1 Å². The number of aryl methyl sites for hydroxylation is 1. The number of benzene rings is 1. The second-order valence-corrected chi connectivity index (χ2v) is 5.47. The summed E-state index contributed by atoms with van der Waals surface area (Å²) in [5.74, 6) is 0.415. The molecule has 1 aromatic carbocycles. The van der Waals surface area contributed by atoms with Gasteiger partial charge in [0.1, 0.15) is 0 Å². The molecule has 24 heavy (non-hydrogen) atoms. The van der Waals surface area contributed by atoms with Gasteiger partial charge in [0, 0.05) is 24.4 Å². The summed E-state index contributed by atoms with van der Waals surface area (Å²) in [5, 5.41) is 18.9. The Labute approximate surface area is 145 Å². The van der Waals surface area contributed by atoms with Gasteiger partial charge in [0.15, 0.2) is 5.82 Å². The van der Waals surface area contributed by atoms with Gasteiger partial charge in [-0.3, -0.25) is 10.00 Å². The molecule has 0 aliphatic rings. The molecule has 0 unspecified atom stereocenters. The molecule has 0 aliphatic heterocycles. The smallest absolute Gasteiger partial charge is 0.321 e. The van der Waals surface area contributed by atoms with Crippen molar-refractivity contribution in [2.24, 2.45) is 0 Å². The number of nitrogens with one attached hydrogen (secondary N) is 2. The van der Waals surface area contributed by atoms with E-state index in [4.69, 9.17) is 21.6 Å². The number of rotatable bonds is 7. The van der Waals surface area contributed by atoms with Crippen LogP contribution in [0.5, 0.6) is 0 Å². The maximum Gasteiger partial charge on any atom is 0.321 e. The predicted octanol–water partition coefficient (Wildman–Crippen LogP) is 2.96. The Kier molecular flexibility index (Phi) is 6.61. The van der Waals surface area contributed by atoms with E-state index in [2.05, 4.69) is 15.7 Å². The minimum atomic E-state index is -0.391. The van der Waals surface area contributed by atoms with Gasteiger partial charge in [-0.2, -0.15) is 10.4 Å². The van der Waals surface area contributed by atoms with Crippen molar-refractivity contribution in [3.05, 3.63) is 47.1 Å². The third-order valence-electron chi connectivity index (χ3n) is 3.25. The molecule has 126 valence electrons. The van der Waals surface area contributed by atoms with Gasteiger partial charge in [-0.05, 0) is 17.7 Å². The van der Waals surface area contributed by atoms with Crippen LogP contribution >= 0.6 is 11.6 Å². The SMILES string of the molecule is COC[C@H](NC(=O)Nc1ccn(CCC#N)n1)c1ccc(Cl)cc1. The zero-order valence-electron chi connectivity index (χ0n) is 13.2. The van der Waals surface area contributed by atoms with E-state index in [0.29, 0.717) is 30.4 Å². The predicted molar refractivity (Wildman–Crippen MR) is 90.7 cm³/mol. The van der Waals surface area contributed by atoms with Gasteiger partial charge in [0.25, 0.3) is 0 Å². The molecular formula is C16H18ClN5O2. The van der Waals surface area contributed by atoms with Gasteiger partial charge in [-0.15, -0.1) is 0 Å². The quantitative estimate of drug-likeness (QED) is 0.805. The summed E-state index contributed by atoms with van der Waals surface area (Å²) in [7, 11) is 1.57. The van der Waals surface area contributed by atoms with Crippen LogP contribution in [-0.2, 0) is 11.3 Å². The van der Waals surface area contributed by atoms with E-state index in [1.807, 2.05) is 18.2 Å². The number of nitriles is 1. The molecule has 2 amide bonds. The number of ether oxygens (including phenoxy) is 1. The molecule has 2 N–H and O–H groups in total. The Morgan fingerprint density at radius 3 is 2.83 bits per heavy atom. The van der Waals surface area contributed by atoms with Crippen molar-refractivity contribution in [3.8, 4) is 6.07 Å². The first kappa shape index (κ1) is 17.8. The molecule has 0 aliphatic carbocycles. The molecule has 2 aromatic rings. The molecule has 0 spiro atoms. The molecular weight excluding hydrogens is 330 g/mol. The van der Waals surface area contributed by atoms with E-state index < -0.39 is 6.03 Å². The Morgan fingerprint density at radius 2 is 2.17 bits per heavy atom. The minimum Gasteiger partial charge on any atom is -0.382 e. The van der Waals surface area contributed by atoms with Crippen molar-refractivity contribution in [2.45, 2.75) is 19.0 Å². The molecule has 0 radical (unpaired) electrons. The van der Waals surface area contributed by atoms with Gasteiger partial charge in [0.05, 0.1) is 31.7 Å². The molecule has 0 saturated carbocycles. The lowest BCUT2D eigenvalue weighted by atomic mass is 10.1. The van der Waals surface area contributed by atoms with E-state index >= 15 is 0 Å². The van der Waals surface area contributed by atoms with Crippen molar-refractivity contribution >= 4 is 23.4 Å². The molecule has 2 rings (SSSR count). The summed E-state index contributed by atoms with van der Waals surface area (Å²) in [6, 6.07) is 10.2. The van der Waals surface area contributed by atoms with E-state index in [9.17, 15) is 4.79 Å². The Hall–Kier alpha value is -2.56. The van der Waals surface area contributed by atoms with Crippen molar-refractivity contribution in [2.75, 3.05) is 19.0 Å². The number of carbonyl (C=O) groups is 1. The zero-order chi connectivity index (χ0) is 17.4. The number of hydrogen-bond donors (Lipinski definition) is 2. The summed E-state index contributed by atoms with van der Waals surface area (Å²) in [4.78, 5) is 12.2. The molecule has 0 saturated heterocycles. The van der Waals surface area contributed by atoms with Crippen molar-refractivity contribution < 1.29 is 9.53 Å². The van der Waals surface area contributed by atoms with Crippen LogP contribution in [0.2, 0.25) is 5.02 Å². The van der Waals surface area contributed by atoms with Crippen molar-refractivity contribution in [1.29, 1.82) is 5.26 Å². The summed E-state index contributed by atoms with van der Waals surface area (Å²) < 4.78 is 6.76. The summed E-state index contributed by atoms with van der Waals surface area (Å²) in [5.41, 5.74) is 0.885. The van der Waals surface area contributed by atoms with Crippen molar-refractivity contribution in [3.63, 3.8) is 0 Å². The van der Waals surface area contributed by atoms with Crippen LogP contribution in [0.25, 0.3) is 0 Å². The Balaban J connectivity index is 1.96. The molecule has 1 atom stereocenters. The lowest BCUT2D eigenvalue weighted by molar-refractivity contribution is 0.168. The maximum atomic E-state index is 12.2. The monoisotopic (exact) mass is 347 g/mol. The average Bonchev–Trinajstić information content (AvgIpc) is 3.00. The second-order valence-electron chi connectivity index (χ2n) is 5.03. The first-order valence-corrected chi connectivity index (χ1v) is 7.72. The summed E-state index contributed by atoms with van der Waals surface area (Å²) >= 11 is 5.88. The molecule has 1 aromatic heterocycles. The minimum absolute atomic E-state index is 0.312. The largest absolute Gasteiger partial charge is 0.382 e. The third kappa shape index (κ3) is 5.26. The number of carbonyl (C=O) groups excluding carboxylic acids is 1. The van der Waals surface area contributed by atoms with Crippen LogP contribution < -0.4 is 10.6 Å². The molecule has 0 bridgehead atoms. The fourth-order valence-electron chi connectivity index (χ4n) is 2.11. The van der Waals surface area contributed by atoms with Crippen LogP contribution in [0.3, 0.4) is 0 Å². The van der Waals surface area contributed by atoms with E-state index in [1.54, 1.807) is 36.2 Å². The summed E-state index contributed by atoms with van der Waals surface area (Å²) in [6.45, 7) is 0.808. The average molecular weight is 348 g/mol. The van der Waals surface area contributed by atoms with Gasteiger partial charge in [-0.1, -0.05) is 23.7 Å². The Bertz CT molecular complexity index is 708. The highest BCUT2D eigenvalue weighted by atomic mass is 35.5. The number of halogens is 1. The van der Waals surface area contributed by atoms with Crippen LogP contribution in [0.1, 0.15) is 18.0 Å². The lowest BCUT2D eigenvalue weighted by Crippen LogP contribution is -2.34. The molecule has 8 heteroatoms. The number of urea groups is 1. The highest BCUT2D eigenvalue weighted by molar-refractivity contribution is 6.30. The Morgan fingerprint density at radius 1 is 1.42 bits per heavy atom. The molecule has 1 heterocycles. The highest BCUT2D eigenvalue weighted by Crippen LogP contribution is 2.17. The third-order valence-corrected chi connectivity index (χ3v) is 3.50. The van der Waals surface area contributed by atoms with Crippen molar-refractivity contribution in [1.82, 2.24) is 15.1 Å². The van der Waals surface area contributed by atoms with Crippen LogP contribution in [0.15, 0.2) is 36.5 Å². The normalized spacial score (nSPS) is 11.5. The number of anilines is 1. The lowest BCUT2D eigenvalue weighted by Gasteiger charge is -2.18. The maximum absolute atomic E-state index is 12.2. The fraction of sp³-hybridized carbons (Fsp3) is 0.312. The number of amides is 2. The topological polar surface area (TPSA) is 92.0 Å². The van der Waals surface area contributed by atoms with Crippen LogP contribution in [-0.4, -0.2) is 29.5 Å². The standard InChI is InChI=1S/C16H18ClN5O2/c1-24-11-14(12-3-5-13(17)6-4-12)19-16(23)20-15-7-10-22(21-15)9-2-8-18/h3-7,10,14H,2,9,11H2,1H3,(H2,19,20,21,23)/t14-/m0/s1. The highest BCUT2D eigenvalue weighted by Gasteiger charge is 2.15. The first-order valence-electron chi connectivity index (χ1n) is 7.34. The van der Waals surface area contributed by atoms with Crippen LogP contribution in [0.4, 0.5) is 10.6 Å². The molecule has 0 fully saturated rings. The number of methoxy groups -OCH3 is 1. The zero-order valence-corrected chi connectivity index (χ0v) is 14.0. The van der Waals surface area contributed by atoms with E-state index in [0.717, 1.165) is 5.56 Å². The van der Waals surface area contributed by atoms with E-state index in [1.165, 1.54) is 0 Å². The van der Waals surface area contributed by atoms with E-state index in [-0.39, 0.29) is 6.04 Å². The van der Waals surface area contributed by atoms with Crippen LogP contribution in [0, 0.1) is 11.3 Å². The molecule has 7 nitrogen and oxygen atoms in total. The van der Waals surface area contributed by atoms with Gasteiger partial charge in [0.2, 0.25) is 0 Å². The fourth-order valence-corrected chi connectivity index (χ4v) is 2.24. The van der Waals surface area contributed by atoms with Gasteiger partial charge >= 0.3 is 6.03 Å². The number of nitrogens with zero attached hydrogens (tertiary/aromatic N) is 3. The van der Waals surface area contributed by atoms with Gasteiger partial charge in [-0.25, -0.2) is 4.79 Å².